The minimum atomic E-state index is -0.761. The lowest BCUT2D eigenvalue weighted by Gasteiger charge is -2.25. The average molecular weight is 488 g/mol. The number of fused-ring (bicyclic) bond motifs is 1. The smallest absolute Gasteiger partial charge is 0.161 e. The minimum Gasteiger partial charge on any atom is -0.452 e. The summed E-state index contributed by atoms with van der Waals surface area (Å²) in [5, 5.41) is 23.1. The predicted molar refractivity (Wildman–Crippen MR) is 133 cm³/mol. The summed E-state index contributed by atoms with van der Waals surface area (Å²) < 4.78 is 26.7. The monoisotopic (exact) mass is 487 g/mol. The molecule has 0 radical (unpaired) electrons. The van der Waals surface area contributed by atoms with Gasteiger partial charge in [-0.2, -0.15) is 5.26 Å². The van der Waals surface area contributed by atoms with Crippen LogP contribution < -0.4 is 5.32 Å². The van der Waals surface area contributed by atoms with E-state index in [1.54, 1.807) is 61.7 Å². The molecular weight excluding hydrogens is 461 g/mol. The first-order valence-corrected chi connectivity index (χ1v) is 11.7. The highest BCUT2D eigenvalue weighted by atomic mass is 19.1. The molecule has 1 aliphatic rings. The summed E-state index contributed by atoms with van der Waals surface area (Å²) in [6.45, 7) is 1.23. The number of hydrogen-bond donors (Lipinski definition) is 2. The zero-order chi connectivity index (χ0) is 25.2. The highest BCUT2D eigenvalue weighted by Crippen LogP contribution is 2.36. The molecule has 1 aliphatic heterocycles. The van der Waals surface area contributed by atoms with Crippen molar-refractivity contribution < 1.29 is 18.7 Å². The number of pyridine rings is 2. The maximum Gasteiger partial charge on any atom is 0.161 e. The molecule has 3 aromatic heterocycles. The Labute approximate surface area is 208 Å². The van der Waals surface area contributed by atoms with Gasteiger partial charge in [-0.05, 0) is 56.8 Å². The van der Waals surface area contributed by atoms with E-state index in [-0.39, 0.29) is 17.3 Å². The first kappa shape index (κ1) is 23.9. The summed E-state index contributed by atoms with van der Waals surface area (Å²) in [5.41, 5.74) is 3.88. The Morgan fingerprint density at radius 1 is 1.17 bits per heavy atom. The number of aromatic nitrogens is 2. The Hall–Kier alpha value is -3.84. The van der Waals surface area contributed by atoms with Crippen LogP contribution in [0.2, 0.25) is 0 Å². The van der Waals surface area contributed by atoms with Crippen LogP contribution in [-0.4, -0.2) is 53.3 Å². The van der Waals surface area contributed by atoms with E-state index in [4.69, 9.17) is 9.15 Å². The molecule has 1 fully saturated rings. The van der Waals surface area contributed by atoms with Crippen LogP contribution in [0.1, 0.15) is 30.2 Å². The maximum absolute atomic E-state index is 15.2. The Morgan fingerprint density at radius 2 is 1.97 bits per heavy atom. The van der Waals surface area contributed by atoms with Crippen LogP contribution in [-0.2, 0) is 4.74 Å². The molecule has 4 heterocycles. The molecule has 1 unspecified atom stereocenters. The number of furan rings is 1. The molecule has 1 saturated heterocycles. The normalized spacial score (nSPS) is 15.2. The maximum atomic E-state index is 15.2. The van der Waals surface area contributed by atoms with Crippen molar-refractivity contribution in [1.29, 1.82) is 5.26 Å². The van der Waals surface area contributed by atoms with Crippen molar-refractivity contribution in [2.24, 2.45) is 0 Å². The van der Waals surface area contributed by atoms with E-state index < -0.39 is 12.0 Å². The lowest BCUT2D eigenvalue weighted by molar-refractivity contribution is 0.0392. The van der Waals surface area contributed by atoms with E-state index in [2.05, 4.69) is 21.4 Å². The quantitative estimate of drug-likeness (QED) is 0.377. The van der Waals surface area contributed by atoms with Crippen LogP contribution in [0.4, 0.5) is 10.1 Å². The van der Waals surface area contributed by atoms with Gasteiger partial charge in [0.15, 0.2) is 11.3 Å². The third kappa shape index (κ3) is 4.66. The molecule has 184 valence electrons. The van der Waals surface area contributed by atoms with Gasteiger partial charge in [0.1, 0.15) is 29.3 Å². The lowest BCUT2D eigenvalue weighted by atomic mass is 10.0. The second kappa shape index (κ2) is 10.0. The fourth-order valence-corrected chi connectivity index (χ4v) is 4.34. The zero-order valence-electron chi connectivity index (χ0n) is 20.0. The molecule has 1 aromatic carbocycles. The summed E-state index contributed by atoms with van der Waals surface area (Å²) in [4.78, 5) is 10.5. The molecule has 9 heteroatoms. The molecule has 0 spiro atoms. The number of ether oxygens (including phenoxy) is 1. The highest BCUT2D eigenvalue weighted by Gasteiger charge is 2.21. The summed E-state index contributed by atoms with van der Waals surface area (Å²) >= 11 is 0. The average Bonchev–Trinajstić information content (AvgIpc) is 3.34. The minimum absolute atomic E-state index is 0.0594. The first-order valence-electron chi connectivity index (χ1n) is 11.7. The van der Waals surface area contributed by atoms with Crippen molar-refractivity contribution in [3.8, 4) is 28.7 Å². The van der Waals surface area contributed by atoms with Gasteiger partial charge in [-0.15, -0.1) is 0 Å². The summed E-state index contributed by atoms with van der Waals surface area (Å²) in [7, 11) is 3.55. The van der Waals surface area contributed by atoms with Gasteiger partial charge < -0.3 is 19.6 Å². The molecule has 1 atom stereocenters. The standard InChI is InChI=1S/C27H26FN5O3/c1-33(2)27(34)16-3-4-22(31-15-16)24-13-23-26(36-24)20(5-8-30-23)17-11-18(14-29)25(21(28)12-17)32-19-6-9-35-10-7-19/h3-5,8,11-13,15,19,27,32,34H,6-7,9-10H2,1-2H3. The summed E-state index contributed by atoms with van der Waals surface area (Å²) in [6.07, 6.45) is 3.98. The van der Waals surface area contributed by atoms with Crippen molar-refractivity contribution in [3.05, 3.63) is 65.7 Å². The van der Waals surface area contributed by atoms with Crippen LogP contribution in [0.5, 0.6) is 0 Å². The van der Waals surface area contributed by atoms with Crippen LogP contribution >= 0.6 is 0 Å². The largest absolute Gasteiger partial charge is 0.452 e. The van der Waals surface area contributed by atoms with E-state index in [9.17, 15) is 10.4 Å². The number of aliphatic hydroxyl groups excluding tert-OH is 1. The molecule has 0 amide bonds. The summed E-state index contributed by atoms with van der Waals surface area (Å²) in [6, 6.07) is 12.3. The molecule has 0 bridgehead atoms. The zero-order valence-corrected chi connectivity index (χ0v) is 20.0. The Bertz CT molecular complexity index is 1420. The fourth-order valence-electron chi connectivity index (χ4n) is 4.34. The Morgan fingerprint density at radius 3 is 2.67 bits per heavy atom. The van der Waals surface area contributed by atoms with Crippen LogP contribution in [0.3, 0.4) is 0 Å². The van der Waals surface area contributed by atoms with Gasteiger partial charge in [-0.1, -0.05) is 6.07 Å². The second-order valence-corrected chi connectivity index (χ2v) is 9.02. The van der Waals surface area contributed by atoms with E-state index in [1.807, 2.05) is 0 Å². The Kier molecular flexibility index (Phi) is 6.65. The van der Waals surface area contributed by atoms with E-state index in [0.29, 0.717) is 52.5 Å². The van der Waals surface area contributed by atoms with Crippen LogP contribution in [0, 0.1) is 17.1 Å². The summed E-state index contributed by atoms with van der Waals surface area (Å²) in [5.74, 6) is -0.00128. The molecule has 5 rings (SSSR count). The van der Waals surface area contributed by atoms with Crippen molar-refractivity contribution in [2.45, 2.75) is 25.1 Å². The van der Waals surface area contributed by atoms with Crippen molar-refractivity contribution in [2.75, 3.05) is 32.6 Å². The molecular formula is C27H26FN5O3. The number of benzene rings is 1. The van der Waals surface area contributed by atoms with Crippen molar-refractivity contribution >= 4 is 16.8 Å². The highest BCUT2D eigenvalue weighted by molar-refractivity contribution is 5.92. The number of halogens is 1. The molecule has 0 saturated carbocycles. The van der Waals surface area contributed by atoms with E-state index in [0.717, 1.165) is 12.8 Å². The molecule has 0 aliphatic carbocycles. The number of nitrogens with zero attached hydrogens (tertiary/aromatic N) is 4. The molecule has 36 heavy (non-hydrogen) atoms. The third-order valence-corrected chi connectivity index (χ3v) is 6.33. The third-order valence-electron chi connectivity index (χ3n) is 6.33. The number of nitriles is 1. The van der Waals surface area contributed by atoms with Gasteiger partial charge >= 0.3 is 0 Å². The number of aliphatic hydroxyl groups is 1. The number of rotatable bonds is 6. The lowest BCUT2D eigenvalue weighted by Crippen LogP contribution is -2.28. The van der Waals surface area contributed by atoms with Gasteiger partial charge in [0.05, 0.1) is 11.3 Å². The van der Waals surface area contributed by atoms with Gasteiger partial charge in [0.2, 0.25) is 0 Å². The van der Waals surface area contributed by atoms with Gasteiger partial charge in [0, 0.05) is 48.8 Å². The second-order valence-electron chi connectivity index (χ2n) is 9.02. The van der Waals surface area contributed by atoms with Crippen molar-refractivity contribution in [3.63, 3.8) is 0 Å². The number of anilines is 1. The van der Waals surface area contributed by atoms with Crippen LogP contribution in [0.15, 0.2) is 53.2 Å². The van der Waals surface area contributed by atoms with Gasteiger partial charge in [-0.3, -0.25) is 14.9 Å². The van der Waals surface area contributed by atoms with Crippen molar-refractivity contribution in [1.82, 2.24) is 14.9 Å². The van der Waals surface area contributed by atoms with E-state index >= 15 is 4.39 Å². The number of hydrogen-bond acceptors (Lipinski definition) is 8. The number of nitrogens with one attached hydrogen (secondary N) is 1. The van der Waals surface area contributed by atoms with Crippen LogP contribution in [0.25, 0.3) is 33.7 Å². The first-order chi connectivity index (χ1) is 17.4. The fraction of sp³-hybridized carbons (Fsp3) is 0.296. The SMILES string of the molecule is CN(C)C(O)c1ccc(-c2cc3nccc(-c4cc(F)c(NC5CCOCC5)c(C#N)c4)c3o2)nc1. The van der Waals surface area contributed by atoms with Gasteiger partial charge in [-0.25, -0.2) is 4.39 Å². The topological polar surface area (TPSA) is 107 Å². The molecule has 8 nitrogen and oxygen atoms in total. The molecule has 2 N–H and O–H groups in total. The predicted octanol–water partition coefficient (Wildman–Crippen LogP) is 4.71. The molecule has 4 aromatic rings. The van der Waals surface area contributed by atoms with Gasteiger partial charge in [0.25, 0.3) is 0 Å². The van der Waals surface area contributed by atoms with E-state index in [1.165, 1.54) is 6.07 Å². The Balaban J connectivity index is 1.49.